The standard InChI is InChI=1S/C13H16BrN3O4/c1-17(8-12(19)16-13(20)21-2)7-11(18)15-10-6-4-3-5-9(10)14/h3-6H,7-8H2,1-2H3,(H,15,18)(H,16,19,20). The number of rotatable bonds is 5. The Balaban J connectivity index is 2.42. The molecule has 114 valence electrons. The van der Waals surface area contributed by atoms with Gasteiger partial charge in [-0.3, -0.25) is 19.8 Å². The van der Waals surface area contributed by atoms with Crippen molar-refractivity contribution in [2.45, 2.75) is 0 Å². The van der Waals surface area contributed by atoms with Crippen molar-refractivity contribution in [3.05, 3.63) is 28.7 Å². The first-order chi connectivity index (χ1) is 9.92. The topological polar surface area (TPSA) is 87.7 Å². The lowest BCUT2D eigenvalue weighted by Crippen LogP contribution is -2.41. The molecule has 1 rings (SSSR count). The number of benzene rings is 1. The number of amides is 3. The van der Waals surface area contributed by atoms with Crippen LogP contribution in [0.5, 0.6) is 0 Å². The number of nitrogens with zero attached hydrogens (tertiary/aromatic N) is 1. The Morgan fingerprint density at radius 3 is 2.43 bits per heavy atom. The number of carbonyl (C=O) groups is 3. The first-order valence-electron chi connectivity index (χ1n) is 6.03. The summed E-state index contributed by atoms with van der Waals surface area (Å²) in [5.41, 5.74) is 0.648. The Kier molecular flexibility index (Phi) is 6.83. The van der Waals surface area contributed by atoms with Crippen LogP contribution in [-0.4, -0.2) is 50.1 Å². The zero-order chi connectivity index (χ0) is 15.8. The molecule has 1 aromatic carbocycles. The van der Waals surface area contributed by atoms with Gasteiger partial charge in [0.1, 0.15) is 0 Å². The zero-order valence-corrected chi connectivity index (χ0v) is 13.3. The van der Waals surface area contributed by atoms with Crippen molar-refractivity contribution < 1.29 is 19.1 Å². The molecule has 8 heteroatoms. The van der Waals surface area contributed by atoms with Crippen molar-refractivity contribution in [2.75, 3.05) is 32.6 Å². The molecule has 2 N–H and O–H groups in total. The lowest BCUT2D eigenvalue weighted by Gasteiger charge is -2.15. The minimum absolute atomic E-state index is 0.00985. The van der Waals surface area contributed by atoms with E-state index in [1.54, 1.807) is 19.2 Å². The number of nitrogens with one attached hydrogen (secondary N) is 2. The highest BCUT2D eigenvalue weighted by Gasteiger charge is 2.13. The molecule has 0 aliphatic carbocycles. The quantitative estimate of drug-likeness (QED) is 0.826. The summed E-state index contributed by atoms with van der Waals surface area (Å²) in [5, 5.41) is 4.73. The second-order valence-electron chi connectivity index (χ2n) is 4.24. The number of ether oxygens (including phenoxy) is 1. The Hall–Kier alpha value is -1.93. The predicted molar refractivity (Wildman–Crippen MR) is 80.8 cm³/mol. The monoisotopic (exact) mass is 357 g/mol. The van der Waals surface area contributed by atoms with E-state index in [9.17, 15) is 14.4 Å². The van der Waals surface area contributed by atoms with Gasteiger partial charge in [-0.2, -0.15) is 0 Å². The summed E-state index contributed by atoms with van der Waals surface area (Å²) in [5.74, 6) is -0.812. The summed E-state index contributed by atoms with van der Waals surface area (Å²) in [6, 6.07) is 7.20. The highest BCUT2D eigenvalue weighted by atomic mass is 79.9. The van der Waals surface area contributed by atoms with Crippen molar-refractivity contribution in [3.63, 3.8) is 0 Å². The van der Waals surface area contributed by atoms with Crippen LogP contribution in [0.1, 0.15) is 0 Å². The highest BCUT2D eigenvalue weighted by molar-refractivity contribution is 9.10. The molecule has 0 radical (unpaired) electrons. The molecule has 7 nitrogen and oxygen atoms in total. The lowest BCUT2D eigenvalue weighted by molar-refractivity contribution is -0.122. The molecule has 0 fully saturated rings. The van der Waals surface area contributed by atoms with Gasteiger partial charge in [0.15, 0.2) is 0 Å². The van der Waals surface area contributed by atoms with Gasteiger partial charge in [-0.1, -0.05) is 12.1 Å². The highest BCUT2D eigenvalue weighted by Crippen LogP contribution is 2.20. The van der Waals surface area contributed by atoms with Gasteiger partial charge in [-0.25, -0.2) is 4.79 Å². The predicted octanol–water partition coefficient (Wildman–Crippen LogP) is 1.20. The smallest absolute Gasteiger partial charge is 0.413 e. The van der Waals surface area contributed by atoms with Crippen molar-refractivity contribution in [1.29, 1.82) is 0 Å². The van der Waals surface area contributed by atoms with E-state index in [2.05, 4.69) is 26.0 Å². The normalized spacial score (nSPS) is 10.1. The van der Waals surface area contributed by atoms with E-state index in [1.165, 1.54) is 4.90 Å². The van der Waals surface area contributed by atoms with Crippen LogP contribution in [0.3, 0.4) is 0 Å². The first kappa shape index (κ1) is 17.1. The van der Waals surface area contributed by atoms with Gasteiger partial charge in [0.2, 0.25) is 11.8 Å². The van der Waals surface area contributed by atoms with Crippen LogP contribution in [0.4, 0.5) is 10.5 Å². The minimum atomic E-state index is -0.828. The number of hydrogen-bond acceptors (Lipinski definition) is 5. The van der Waals surface area contributed by atoms with Crippen LogP contribution in [0, 0.1) is 0 Å². The lowest BCUT2D eigenvalue weighted by atomic mass is 10.3. The molecule has 1 aromatic rings. The summed E-state index contributed by atoms with van der Waals surface area (Å²) in [6.45, 7) is -0.0889. The Labute approximate surface area is 130 Å². The van der Waals surface area contributed by atoms with Gasteiger partial charge < -0.3 is 10.1 Å². The fourth-order valence-corrected chi connectivity index (χ4v) is 1.89. The van der Waals surface area contributed by atoms with Crippen LogP contribution in [0.25, 0.3) is 0 Å². The number of imide groups is 1. The summed E-state index contributed by atoms with van der Waals surface area (Å²) in [7, 11) is 2.76. The van der Waals surface area contributed by atoms with Gasteiger partial charge in [0.25, 0.3) is 0 Å². The molecule has 0 aromatic heterocycles. The number of methoxy groups -OCH3 is 1. The van der Waals surface area contributed by atoms with E-state index in [-0.39, 0.29) is 19.0 Å². The van der Waals surface area contributed by atoms with Crippen molar-refractivity contribution in [1.82, 2.24) is 10.2 Å². The van der Waals surface area contributed by atoms with Crippen molar-refractivity contribution in [2.24, 2.45) is 0 Å². The molecule has 0 atom stereocenters. The van der Waals surface area contributed by atoms with E-state index in [0.717, 1.165) is 11.6 Å². The molecule has 3 amide bonds. The average Bonchev–Trinajstić information content (AvgIpc) is 2.40. The maximum Gasteiger partial charge on any atom is 0.413 e. The molecule has 0 aliphatic heterocycles. The SMILES string of the molecule is COC(=O)NC(=O)CN(C)CC(=O)Nc1ccccc1Br. The molecule has 0 bridgehead atoms. The van der Waals surface area contributed by atoms with Gasteiger partial charge in [0, 0.05) is 4.47 Å². The largest absolute Gasteiger partial charge is 0.453 e. The number of carbonyl (C=O) groups excluding carboxylic acids is 3. The molecule has 21 heavy (non-hydrogen) atoms. The molecule has 0 spiro atoms. The second kappa shape index (κ2) is 8.38. The Bertz CT molecular complexity index is 536. The third-order valence-corrected chi connectivity index (χ3v) is 3.09. The molecule has 0 saturated heterocycles. The third kappa shape index (κ3) is 6.37. The van der Waals surface area contributed by atoms with E-state index in [4.69, 9.17) is 0 Å². The van der Waals surface area contributed by atoms with Gasteiger partial charge >= 0.3 is 6.09 Å². The Morgan fingerprint density at radius 1 is 1.19 bits per heavy atom. The maximum atomic E-state index is 11.8. The van der Waals surface area contributed by atoms with Gasteiger partial charge in [0.05, 0.1) is 25.9 Å². The van der Waals surface area contributed by atoms with Crippen LogP contribution in [0.15, 0.2) is 28.7 Å². The number of halogens is 1. The number of para-hydroxylation sites is 1. The average molecular weight is 358 g/mol. The molecule has 0 aliphatic rings. The summed E-state index contributed by atoms with van der Waals surface area (Å²) in [4.78, 5) is 35.6. The number of anilines is 1. The molecule has 0 unspecified atom stereocenters. The third-order valence-electron chi connectivity index (χ3n) is 2.40. The van der Waals surface area contributed by atoms with E-state index >= 15 is 0 Å². The van der Waals surface area contributed by atoms with Crippen molar-refractivity contribution >= 4 is 39.5 Å². The molecular formula is C13H16BrN3O4. The van der Waals surface area contributed by atoms with E-state index < -0.39 is 12.0 Å². The van der Waals surface area contributed by atoms with Crippen LogP contribution >= 0.6 is 15.9 Å². The number of hydrogen-bond donors (Lipinski definition) is 2. The maximum absolute atomic E-state index is 11.8. The summed E-state index contributed by atoms with van der Waals surface area (Å²) < 4.78 is 5.07. The molecule has 0 saturated carbocycles. The van der Waals surface area contributed by atoms with Gasteiger partial charge in [-0.05, 0) is 35.1 Å². The molecular weight excluding hydrogens is 342 g/mol. The summed E-state index contributed by atoms with van der Waals surface area (Å²) in [6.07, 6.45) is -0.828. The van der Waals surface area contributed by atoms with Crippen molar-refractivity contribution in [3.8, 4) is 0 Å². The van der Waals surface area contributed by atoms with Crippen LogP contribution < -0.4 is 10.6 Å². The Morgan fingerprint density at radius 2 is 1.81 bits per heavy atom. The first-order valence-corrected chi connectivity index (χ1v) is 6.82. The van der Waals surface area contributed by atoms with E-state index in [0.29, 0.717) is 5.69 Å². The number of likely N-dealkylation sites (N-methyl/N-ethyl adjacent to an activating group) is 1. The van der Waals surface area contributed by atoms with E-state index in [1.807, 2.05) is 17.4 Å². The van der Waals surface area contributed by atoms with Crippen LogP contribution in [0.2, 0.25) is 0 Å². The minimum Gasteiger partial charge on any atom is -0.453 e. The van der Waals surface area contributed by atoms with Crippen LogP contribution in [-0.2, 0) is 14.3 Å². The zero-order valence-electron chi connectivity index (χ0n) is 11.7. The summed E-state index contributed by atoms with van der Waals surface area (Å²) >= 11 is 3.32. The molecule has 0 heterocycles. The van der Waals surface area contributed by atoms with Gasteiger partial charge in [-0.15, -0.1) is 0 Å². The second-order valence-corrected chi connectivity index (χ2v) is 5.09. The fourth-order valence-electron chi connectivity index (χ4n) is 1.50. The fraction of sp³-hybridized carbons (Fsp3) is 0.308. The number of alkyl carbamates (subject to hydrolysis) is 1.